The number of carbonyl (C=O) groups excluding carboxylic acids is 2. The highest BCUT2D eigenvalue weighted by Gasteiger charge is 2.22. The van der Waals surface area contributed by atoms with Gasteiger partial charge in [0.1, 0.15) is 5.75 Å². The zero-order valence-electron chi connectivity index (χ0n) is 16.6. The minimum absolute atomic E-state index is 0.0175. The highest BCUT2D eigenvalue weighted by molar-refractivity contribution is 6.08. The van der Waals surface area contributed by atoms with E-state index < -0.39 is 0 Å². The number of benzene rings is 2. The van der Waals surface area contributed by atoms with Crippen molar-refractivity contribution in [1.82, 2.24) is 10.2 Å². The van der Waals surface area contributed by atoms with Crippen molar-refractivity contribution in [1.29, 1.82) is 0 Å². The molecule has 0 unspecified atom stereocenters. The summed E-state index contributed by atoms with van der Waals surface area (Å²) in [5.41, 5.74) is 1.25. The predicted molar refractivity (Wildman–Crippen MR) is 110 cm³/mol. The third-order valence-electron chi connectivity index (χ3n) is 5.15. The summed E-state index contributed by atoms with van der Waals surface area (Å²) in [7, 11) is 0. The van der Waals surface area contributed by atoms with E-state index >= 15 is 0 Å². The van der Waals surface area contributed by atoms with Crippen LogP contribution in [0, 0.1) is 0 Å². The Hall–Kier alpha value is -2.66. The summed E-state index contributed by atoms with van der Waals surface area (Å²) in [4.78, 5) is 27.0. The lowest BCUT2D eigenvalue weighted by molar-refractivity contribution is -0.124. The maximum absolute atomic E-state index is 12.4. The van der Waals surface area contributed by atoms with Crippen molar-refractivity contribution in [2.24, 2.45) is 0 Å². The molecule has 28 heavy (non-hydrogen) atoms. The number of carbonyl (C=O) groups is 2. The van der Waals surface area contributed by atoms with Crippen LogP contribution in [0.2, 0.25) is 0 Å². The smallest absolute Gasteiger partial charge is 0.258 e. The second kappa shape index (κ2) is 9.51. The Bertz CT molecular complexity index is 779. The lowest BCUT2D eigenvalue weighted by Gasteiger charge is -2.34. The minimum Gasteiger partial charge on any atom is -0.484 e. The van der Waals surface area contributed by atoms with Crippen LogP contribution in [0.3, 0.4) is 0 Å². The molecular formula is C23H28N2O3. The molecule has 0 aromatic heterocycles. The number of ketones is 1. The quantitative estimate of drug-likeness (QED) is 0.749. The lowest BCUT2D eigenvalue weighted by Crippen LogP contribution is -2.47. The molecule has 0 aliphatic carbocycles. The first kappa shape index (κ1) is 20.1. The van der Waals surface area contributed by atoms with Gasteiger partial charge in [-0.2, -0.15) is 0 Å². The van der Waals surface area contributed by atoms with Crippen LogP contribution in [0.25, 0.3) is 0 Å². The number of piperidine rings is 1. The van der Waals surface area contributed by atoms with E-state index in [9.17, 15) is 9.59 Å². The molecule has 1 N–H and O–H groups in total. The number of amides is 1. The Kier molecular flexibility index (Phi) is 6.82. The molecule has 1 amide bonds. The van der Waals surface area contributed by atoms with Crippen molar-refractivity contribution in [3.63, 3.8) is 0 Å². The summed E-state index contributed by atoms with van der Waals surface area (Å²) in [6.45, 7) is 6.41. The van der Waals surface area contributed by atoms with Crippen LogP contribution >= 0.6 is 0 Å². The van der Waals surface area contributed by atoms with Crippen LogP contribution in [0.4, 0.5) is 0 Å². The molecule has 3 rings (SSSR count). The van der Waals surface area contributed by atoms with Crippen molar-refractivity contribution in [2.75, 3.05) is 19.7 Å². The fourth-order valence-electron chi connectivity index (χ4n) is 3.44. The Labute approximate surface area is 166 Å². The number of hydrogen-bond acceptors (Lipinski definition) is 4. The number of likely N-dealkylation sites (tertiary alicyclic amines) is 1. The maximum Gasteiger partial charge on any atom is 0.258 e. The van der Waals surface area contributed by atoms with Gasteiger partial charge in [-0.15, -0.1) is 0 Å². The Balaban J connectivity index is 1.45. The summed E-state index contributed by atoms with van der Waals surface area (Å²) in [6, 6.07) is 16.8. The zero-order valence-corrected chi connectivity index (χ0v) is 16.6. The molecule has 1 saturated heterocycles. The van der Waals surface area contributed by atoms with E-state index in [-0.39, 0.29) is 24.3 Å². The van der Waals surface area contributed by atoms with Crippen LogP contribution in [0.1, 0.15) is 42.6 Å². The van der Waals surface area contributed by atoms with Gasteiger partial charge in [0.25, 0.3) is 5.91 Å². The van der Waals surface area contributed by atoms with Gasteiger partial charge >= 0.3 is 0 Å². The molecule has 2 aromatic carbocycles. The van der Waals surface area contributed by atoms with Crippen molar-refractivity contribution in [3.8, 4) is 5.75 Å². The second-order valence-electron chi connectivity index (χ2n) is 7.48. The van der Waals surface area contributed by atoms with Gasteiger partial charge in [-0.25, -0.2) is 0 Å². The van der Waals surface area contributed by atoms with E-state index in [2.05, 4.69) is 24.1 Å². The largest absolute Gasteiger partial charge is 0.484 e. The minimum atomic E-state index is -0.104. The van der Waals surface area contributed by atoms with Crippen LogP contribution in [-0.4, -0.2) is 48.4 Å². The van der Waals surface area contributed by atoms with Gasteiger partial charge < -0.3 is 15.0 Å². The highest BCUT2D eigenvalue weighted by Crippen LogP contribution is 2.16. The zero-order chi connectivity index (χ0) is 19.9. The van der Waals surface area contributed by atoms with Gasteiger partial charge in [-0.3, -0.25) is 9.59 Å². The molecule has 0 bridgehead atoms. The van der Waals surface area contributed by atoms with Gasteiger partial charge in [0.2, 0.25) is 0 Å². The van der Waals surface area contributed by atoms with Gasteiger partial charge in [-0.05, 0) is 51.0 Å². The van der Waals surface area contributed by atoms with E-state index in [1.807, 2.05) is 18.2 Å². The number of nitrogens with one attached hydrogen (secondary N) is 1. The van der Waals surface area contributed by atoms with E-state index in [4.69, 9.17) is 4.74 Å². The summed E-state index contributed by atoms with van der Waals surface area (Å²) in [6.07, 6.45) is 1.94. The standard InChI is InChI=1S/C23H28N2O3/c1-17(2)25-14-12-20(13-15-25)24-22(26)16-28-21-10-8-19(9-11-21)23(27)18-6-4-3-5-7-18/h3-11,17,20H,12-16H2,1-2H3,(H,24,26). The van der Waals surface area contributed by atoms with E-state index in [1.54, 1.807) is 36.4 Å². The third-order valence-corrected chi connectivity index (χ3v) is 5.15. The van der Waals surface area contributed by atoms with E-state index in [0.717, 1.165) is 25.9 Å². The molecule has 1 heterocycles. The van der Waals surface area contributed by atoms with E-state index in [0.29, 0.717) is 22.9 Å². The van der Waals surface area contributed by atoms with Crippen molar-refractivity contribution in [2.45, 2.75) is 38.8 Å². The SMILES string of the molecule is CC(C)N1CCC(NC(=O)COc2ccc(C(=O)c3ccccc3)cc2)CC1. The fourth-order valence-corrected chi connectivity index (χ4v) is 3.44. The molecule has 0 saturated carbocycles. The molecule has 148 valence electrons. The van der Waals surface area contributed by atoms with Crippen LogP contribution < -0.4 is 10.1 Å². The predicted octanol–water partition coefficient (Wildman–Crippen LogP) is 3.29. The average Bonchev–Trinajstić information content (AvgIpc) is 2.73. The monoisotopic (exact) mass is 380 g/mol. The Morgan fingerprint density at radius 3 is 2.21 bits per heavy atom. The molecule has 0 atom stereocenters. The number of nitrogens with zero attached hydrogens (tertiary/aromatic N) is 1. The van der Waals surface area contributed by atoms with Gasteiger partial charge in [-0.1, -0.05) is 30.3 Å². The van der Waals surface area contributed by atoms with Crippen molar-refractivity contribution < 1.29 is 14.3 Å². The van der Waals surface area contributed by atoms with Crippen molar-refractivity contribution in [3.05, 3.63) is 65.7 Å². The normalized spacial score (nSPS) is 15.4. The highest BCUT2D eigenvalue weighted by atomic mass is 16.5. The number of ether oxygens (including phenoxy) is 1. The molecule has 0 spiro atoms. The molecule has 2 aromatic rings. The molecular weight excluding hydrogens is 352 g/mol. The van der Waals surface area contributed by atoms with Crippen molar-refractivity contribution >= 4 is 11.7 Å². The Morgan fingerprint density at radius 1 is 1.00 bits per heavy atom. The summed E-state index contributed by atoms with van der Waals surface area (Å²) in [5, 5.41) is 3.05. The molecule has 1 aliphatic heterocycles. The fraction of sp³-hybridized carbons (Fsp3) is 0.391. The molecule has 5 nitrogen and oxygen atoms in total. The summed E-state index contributed by atoms with van der Waals surface area (Å²) < 4.78 is 5.58. The topological polar surface area (TPSA) is 58.6 Å². The van der Waals surface area contributed by atoms with Crippen LogP contribution in [0.15, 0.2) is 54.6 Å². The third kappa shape index (κ3) is 5.42. The molecule has 1 aliphatic rings. The maximum atomic E-state index is 12.4. The first-order chi connectivity index (χ1) is 13.5. The average molecular weight is 380 g/mol. The number of hydrogen-bond donors (Lipinski definition) is 1. The lowest BCUT2D eigenvalue weighted by atomic mass is 10.0. The number of rotatable bonds is 7. The summed E-state index contributed by atoms with van der Waals surface area (Å²) in [5.74, 6) is 0.444. The van der Waals surface area contributed by atoms with Gasteiger partial charge in [0.05, 0.1) is 0 Å². The van der Waals surface area contributed by atoms with Gasteiger partial charge in [0.15, 0.2) is 12.4 Å². The van der Waals surface area contributed by atoms with Gasteiger partial charge in [0, 0.05) is 36.3 Å². The molecule has 5 heteroatoms. The van der Waals surface area contributed by atoms with Crippen LogP contribution in [-0.2, 0) is 4.79 Å². The first-order valence-electron chi connectivity index (χ1n) is 9.89. The first-order valence-corrected chi connectivity index (χ1v) is 9.89. The van der Waals surface area contributed by atoms with Crippen LogP contribution in [0.5, 0.6) is 5.75 Å². The molecule has 1 fully saturated rings. The Morgan fingerprint density at radius 2 is 1.61 bits per heavy atom. The van der Waals surface area contributed by atoms with E-state index in [1.165, 1.54) is 0 Å². The molecule has 0 radical (unpaired) electrons. The second-order valence-corrected chi connectivity index (χ2v) is 7.48. The summed E-state index contributed by atoms with van der Waals surface area (Å²) >= 11 is 0.